The molecule has 0 bridgehead atoms. The second kappa shape index (κ2) is 15.8. The summed E-state index contributed by atoms with van der Waals surface area (Å²) in [6, 6.07) is 20.5. The van der Waals surface area contributed by atoms with Gasteiger partial charge in [0.1, 0.15) is 5.75 Å². The zero-order chi connectivity index (χ0) is 38.8. The number of ether oxygens (including phenoxy) is 5. The molecule has 8 rings (SSSR count). The van der Waals surface area contributed by atoms with Gasteiger partial charge in [-0.3, -0.25) is 24.4 Å². The molecule has 4 aromatic carbocycles. The fourth-order valence-electron chi connectivity index (χ4n) is 7.67. The number of benzene rings is 4. The van der Waals surface area contributed by atoms with E-state index in [-0.39, 0.29) is 30.5 Å². The summed E-state index contributed by atoms with van der Waals surface area (Å²) >= 11 is 0. The minimum Gasteiger partial charge on any atom is -0.493 e. The van der Waals surface area contributed by atoms with Crippen LogP contribution in [-0.4, -0.2) is 86.1 Å². The highest BCUT2D eigenvalue weighted by Crippen LogP contribution is 2.40. The van der Waals surface area contributed by atoms with Crippen LogP contribution >= 0.6 is 0 Å². The predicted octanol–water partition coefficient (Wildman–Crippen LogP) is 5.76. The van der Waals surface area contributed by atoms with Gasteiger partial charge in [0.2, 0.25) is 0 Å². The van der Waals surface area contributed by atoms with Crippen molar-refractivity contribution >= 4 is 41.5 Å². The van der Waals surface area contributed by atoms with Crippen LogP contribution < -0.4 is 29.4 Å². The number of unbranched alkanes of at least 4 members (excludes halogenated alkanes) is 2. The predicted molar refractivity (Wildman–Crippen MR) is 209 cm³/mol. The molecule has 4 heterocycles. The lowest BCUT2D eigenvalue weighted by Crippen LogP contribution is -2.44. The smallest absolute Gasteiger partial charge is 0.257 e. The lowest BCUT2D eigenvalue weighted by atomic mass is 9.93. The van der Waals surface area contributed by atoms with E-state index in [1.54, 1.807) is 49.5 Å². The normalized spacial score (nSPS) is 17.6. The van der Waals surface area contributed by atoms with Crippen molar-refractivity contribution in [3.8, 4) is 28.7 Å². The molecule has 3 amide bonds. The van der Waals surface area contributed by atoms with Crippen molar-refractivity contribution in [2.75, 3.05) is 34.0 Å². The largest absolute Gasteiger partial charge is 0.493 e. The van der Waals surface area contributed by atoms with Crippen LogP contribution in [0.4, 0.5) is 11.4 Å². The first kappa shape index (κ1) is 36.6. The molecule has 4 aromatic rings. The van der Waals surface area contributed by atoms with E-state index in [9.17, 15) is 14.4 Å². The van der Waals surface area contributed by atoms with Gasteiger partial charge in [-0.25, -0.2) is 0 Å². The third-order valence-corrected chi connectivity index (χ3v) is 10.6. The molecule has 0 aromatic heterocycles. The quantitative estimate of drug-likeness (QED) is 0.169. The van der Waals surface area contributed by atoms with Crippen molar-refractivity contribution in [2.24, 2.45) is 15.7 Å². The molecule has 2 N–H and O–H groups in total. The first-order valence-electron chi connectivity index (χ1n) is 18.8. The maximum absolute atomic E-state index is 13.9. The molecule has 4 aliphatic heterocycles. The molecule has 0 saturated heterocycles. The van der Waals surface area contributed by atoms with Gasteiger partial charge in [-0.2, -0.15) is 0 Å². The summed E-state index contributed by atoms with van der Waals surface area (Å²) in [7, 11) is 3.12. The molecule has 0 spiro atoms. The fraction of sp³-hybridized carbons (Fsp3) is 0.326. The van der Waals surface area contributed by atoms with Crippen LogP contribution in [0.25, 0.3) is 0 Å². The Balaban J connectivity index is 0.857. The van der Waals surface area contributed by atoms with Gasteiger partial charge in [-0.1, -0.05) is 30.3 Å². The van der Waals surface area contributed by atoms with E-state index in [1.165, 1.54) is 5.56 Å². The fourth-order valence-corrected chi connectivity index (χ4v) is 7.67. The number of carbonyl (C=O) groups is 3. The zero-order valence-corrected chi connectivity index (χ0v) is 31.4. The van der Waals surface area contributed by atoms with Gasteiger partial charge in [-0.15, -0.1) is 0 Å². The van der Waals surface area contributed by atoms with E-state index in [0.29, 0.717) is 84.0 Å². The maximum atomic E-state index is 13.9. The van der Waals surface area contributed by atoms with Crippen molar-refractivity contribution < 1.29 is 38.1 Å². The summed E-state index contributed by atoms with van der Waals surface area (Å²) in [5.41, 5.74) is 11.7. The molecule has 0 unspecified atom stereocenters. The summed E-state index contributed by atoms with van der Waals surface area (Å²) in [4.78, 5) is 51.8. The Labute approximate surface area is 324 Å². The third-order valence-electron chi connectivity index (χ3n) is 10.6. The standard InChI is InChI=1S/C43H43N5O8/c1-52-37-17-33-35(45-21-30-14-26-8-4-5-9-28(26)23-47(30)42(33)50)19-39(37)54-12-6-3-7-13-55-40-20-36-34(18-38(40)53-2)43(51)48-24-29-16-32(56-25-41(44)49)11-10-27(29)15-31(48)22-46-36/h4-5,8-11,16-22,30-31H,3,6-7,12-15,23-25H2,1-2H3,(H2,44,49)/t30-,31-/m0/s1. The highest BCUT2D eigenvalue weighted by molar-refractivity contribution is 6.04. The third kappa shape index (κ3) is 7.36. The van der Waals surface area contributed by atoms with E-state index < -0.39 is 5.91 Å². The first-order chi connectivity index (χ1) is 27.3. The summed E-state index contributed by atoms with van der Waals surface area (Å²) < 4.78 is 29.1. The molecular weight excluding hydrogens is 714 g/mol. The minimum atomic E-state index is -0.557. The van der Waals surface area contributed by atoms with E-state index in [2.05, 4.69) is 12.1 Å². The number of nitrogens with two attached hydrogens (primary N) is 1. The Bertz CT molecular complexity index is 2250. The molecule has 56 heavy (non-hydrogen) atoms. The van der Waals surface area contributed by atoms with Crippen molar-refractivity contribution in [2.45, 2.75) is 57.3 Å². The summed E-state index contributed by atoms with van der Waals surface area (Å²) in [5, 5.41) is 0. The van der Waals surface area contributed by atoms with Crippen molar-refractivity contribution in [1.82, 2.24) is 9.80 Å². The van der Waals surface area contributed by atoms with Crippen LogP contribution in [0.3, 0.4) is 0 Å². The van der Waals surface area contributed by atoms with Gasteiger partial charge in [0.15, 0.2) is 29.6 Å². The van der Waals surface area contributed by atoms with Gasteiger partial charge < -0.3 is 39.2 Å². The Morgan fingerprint density at radius 2 is 1.20 bits per heavy atom. The number of nitrogens with zero attached hydrogens (tertiary/aromatic N) is 4. The number of hydrogen-bond acceptors (Lipinski definition) is 10. The molecule has 0 saturated carbocycles. The topological polar surface area (TPSA) is 155 Å². The number of methoxy groups -OCH3 is 2. The van der Waals surface area contributed by atoms with Gasteiger partial charge in [0.05, 0.1) is 62.0 Å². The number of hydrogen-bond donors (Lipinski definition) is 1. The van der Waals surface area contributed by atoms with Gasteiger partial charge in [0, 0.05) is 37.7 Å². The highest BCUT2D eigenvalue weighted by atomic mass is 16.5. The highest BCUT2D eigenvalue weighted by Gasteiger charge is 2.35. The monoisotopic (exact) mass is 757 g/mol. The van der Waals surface area contributed by atoms with Crippen molar-refractivity contribution in [1.29, 1.82) is 0 Å². The number of primary amides is 1. The Kier molecular flexibility index (Phi) is 10.3. The zero-order valence-electron chi connectivity index (χ0n) is 31.4. The molecule has 2 atom stereocenters. The average Bonchev–Trinajstić information content (AvgIpc) is 3.43. The molecule has 0 fully saturated rings. The Morgan fingerprint density at radius 3 is 1.75 bits per heavy atom. The second-order valence-electron chi connectivity index (χ2n) is 14.2. The summed E-state index contributed by atoms with van der Waals surface area (Å²) in [6.07, 6.45) is 7.35. The van der Waals surface area contributed by atoms with Crippen LogP contribution in [0.5, 0.6) is 28.7 Å². The van der Waals surface area contributed by atoms with Gasteiger partial charge in [-0.05, 0) is 78.6 Å². The first-order valence-corrected chi connectivity index (χ1v) is 18.8. The van der Waals surface area contributed by atoms with Gasteiger partial charge >= 0.3 is 0 Å². The van der Waals surface area contributed by atoms with Crippen molar-refractivity contribution in [3.63, 3.8) is 0 Å². The maximum Gasteiger partial charge on any atom is 0.257 e. The summed E-state index contributed by atoms with van der Waals surface area (Å²) in [6.45, 7) is 1.56. The second-order valence-corrected chi connectivity index (χ2v) is 14.2. The number of rotatable bonds is 13. The lowest BCUT2D eigenvalue weighted by molar-refractivity contribution is -0.119. The van der Waals surface area contributed by atoms with Gasteiger partial charge in [0.25, 0.3) is 17.7 Å². The molecular formula is C43H43N5O8. The van der Waals surface area contributed by atoms with Crippen LogP contribution in [0.15, 0.2) is 76.7 Å². The van der Waals surface area contributed by atoms with Crippen LogP contribution in [0, 0.1) is 0 Å². The molecule has 0 radical (unpaired) electrons. The van der Waals surface area contributed by atoms with E-state index in [4.69, 9.17) is 39.4 Å². The molecule has 4 aliphatic rings. The molecule has 13 nitrogen and oxygen atoms in total. The van der Waals surface area contributed by atoms with Crippen molar-refractivity contribution in [3.05, 3.63) is 100 Å². The number of amides is 3. The average molecular weight is 758 g/mol. The van der Waals surface area contributed by atoms with E-state index >= 15 is 0 Å². The number of aliphatic imine (C=N–C) groups is 2. The number of carbonyl (C=O) groups excluding carboxylic acids is 3. The van der Waals surface area contributed by atoms with Crippen LogP contribution in [0.2, 0.25) is 0 Å². The Hall–Kier alpha value is -6.37. The van der Waals surface area contributed by atoms with Crippen LogP contribution in [0.1, 0.15) is 62.2 Å². The molecule has 288 valence electrons. The Morgan fingerprint density at radius 1 is 0.661 bits per heavy atom. The SMILES string of the molecule is COc1cc2c(cc1OCCCCCOc1cc3c(cc1OC)C(=O)N1Cc4cc(OCC(N)=O)ccc4C[C@H]1C=N3)N=C[C@@H]1Cc3ccccc3CN1C2=O. The minimum absolute atomic E-state index is 0.0711. The van der Waals surface area contributed by atoms with E-state index in [0.717, 1.165) is 42.4 Å². The number of fused-ring (bicyclic) bond motifs is 6. The van der Waals surface area contributed by atoms with Crippen LogP contribution in [-0.2, 0) is 30.7 Å². The van der Waals surface area contributed by atoms with E-state index in [1.807, 2.05) is 41.6 Å². The molecule has 0 aliphatic carbocycles. The lowest BCUT2D eigenvalue weighted by Gasteiger charge is -2.34. The molecule has 13 heteroatoms. The summed E-state index contributed by atoms with van der Waals surface area (Å²) in [5.74, 6) is 1.73.